The summed E-state index contributed by atoms with van der Waals surface area (Å²) in [5.41, 5.74) is 0.256. The molecule has 0 radical (unpaired) electrons. The third-order valence-corrected chi connectivity index (χ3v) is 6.65. The van der Waals surface area contributed by atoms with E-state index >= 15 is 0 Å². The Labute approximate surface area is 227 Å². The van der Waals surface area contributed by atoms with Gasteiger partial charge in [-0.25, -0.2) is 13.8 Å². The van der Waals surface area contributed by atoms with Crippen molar-refractivity contribution in [3.8, 4) is 17.4 Å². The molecule has 1 aliphatic heterocycles. The normalized spacial score (nSPS) is 15.2. The van der Waals surface area contributed by atoms with E-state index < -0.39 is 17.2 Å². The van der Waals surface area contributed by atoms with E-state index in [0.717, 1.165) is 31.5 Å². The first-order valence-electron chi connectivity index (χ1n) is 12.5. The minimum atomic E-state index is -0.932. The third-order valence-electron chi connectivity index (χ3n) is 6.65. The standard InChI is InChI=1S/C27H27F2N7O4/c1-4-23(37)35-9-5-6-16(13-35)14-36-15-20(25(33-36)39-3)31-27-30-12-17-10-22(26(38)34(2)24(17)32-27)40-21-8-7-18(28)11-19(21)29/h4,7-8,10-12,15-16H,1,5-6,9,13-14H2,2-3H3,(H,30,31,32). The van der Waals surface area contributed by atoms with Gasteiger partial charge in [-0.15, -0.1) is 5.10 Å². The van der Waals surface area contributed by atoms with Gasteiger partial charge in [0, 0.05) is 44.3 Å². The Hall–Kier alpha value is -4.81. The average molecular weight is 552 g/mol. The lowest BCUT2D eigenvalue weighted by molar-refractivity contribution is -0.127. The Morgan fingerprint density at radius 1 is 1.27 bits per heavy atom. The van der Waals surface area contributed by atoms with E-state index in [1.165, 1.54) is 37.1 Å². The summed E-state index contributed by atoms with van der Waals surface area (Å²) in [6.07, 6.45) is 6.46. The number of pyridine rings is 1. The van der Waals surface area contributed by atoms with Gasteiger partial charge in [-0.2, -0.15) is 4.98 Å². The predicted octanol–water partition coefficient (Wildman–Crippen LogP) is 3.77. The molecule has 1 atom stereocenters. The number of nitrogens with zero attached hydrogens (tertiary/aromatic N) is 6. The molecule has 3 aromatic heterocycles. The first-order chi connectivity index (χ1) is 19.2. The van der Waals surface area contributed by atoms with Crippen molar-refractivity contribution in [1.82, 2.24) is 29.2 Å². The Balaban J connectivity index is 1.36. The molecule has 13 heteroatoms. The molecule has 4 aromatic rings. The molecule has 0 spiro atoms. The number of likely N-dealkylation sites (tertiary alicyclic amines) is 1. The van der Waals surface area contributed by atoms with Crippen molar-refractivity contribution in [3.63, 3.8) is 0 Å². The molecule has 1 fully saturated rings. The van der Waals surface area contributed by atoms with Gasteiger partial charge in [0.1, 0.15) is 17.2 Å². The van der Waals surface area contributed by atoms with Gasteiger partial charge in [-0.3, -0.25) is 18.8 Å². The zero-order valence-corrected chi connectivity index (χ0v) is 21.9. The van der Waals surface area contributed by atoms with E-state index in [0.29, 0.717) is 41.8 Å². The minimum Gasteiger partial charge on any atom is -0.478 e. The quantitative estimate of drug-likeness (QED) is 0.329. The summed E-state index contributed by atoms with van der Waals surface area (Å²) >= 11 is 0. The highest BCUT2D eigenvalue weighted by Gasteiger charge is 2.24. The van der Waals surface area contributed by atoms with Crippen molar-refractivity contribution in [2.24, 2.45) is 13.0 Å². The van der Waals surface area contributed by atoms with E-state index in [1.54, 1.807) is 15.8 Å². The predicted molar refractivity (Wildman–Crippen MR) is 143 cm³/mol. The van der Waals surface area contributed by atoms with E-state index in [2.05, 4.69) is 27.0 Å². The number of hydrogen-bond donors (Lipinski definition) is 1. The van der Waals surface area contributed by atoms with E-state index in [-0.39, 0.29) is 29.3 Å². The Bertz CT molecular complexity index is 1650. The maximum absolute atomic E-state index is 14.1. The lowest BCUT2D eigenvalue weighted by atomic mass is 9.98. The summed E-state index contributed by atoms with van der Waals surface area (Å²) in [7, 11) is 3.00. The lowest BCUT2D eigenvalue weighted by Gasteiger charge is -2.32. The van der Waals surface area contributed by atoms with Crippen LogP contribution in [0.3, 0.4) is 0 Å². The molecule has 4 heterocycles. The van der Waals surface area contributed by atoms with Crippen LogP contribution in [0.25, 0.3) is 11.0 Å². The molecule has 1 N–H and O–H groups in total. The summed E-state index contributed by atoms with van der Waals surface area (Å²) in [4.78, 5) is 35.5. The van der Waals surface area contributed by atoms with E-state index in [9.17, 15) is 18.4 Å². The number of amides is 1. The van der Waals surface area contributed by atoms with Gasteiger partial charge >= 0.3 is 0 Å². The summed E-state index contributed by atoms with van der Waals surface area (Å²) in [6, 6.07) is 4.21. The van der Waals surface area contributed by atoms with Crippen LogP contribution in [0.2, 0.25) is 0 Å². The van der Waals surface area contributed by atoms with Crippen molar-refractivity contribution in [1.29, 1.82) is 0 Å². The lowest BCUT2D eigenvalue weighted by Crippen LogP contribution is -2.40. The minimum absolute atomic E-state index is 0.0748. The topological polar surface area (TPSA) is 116 Å². The largest absolute Gasteiger partial charge is 0.478 e. The van der Waals surface area contributed by atoms with Crippen LogP contribution >= 0.6 is 0 Å². The highest BCUT2D eigenvalue weighted by atomic mass is 19.1. The maximum atomic E-state index is 14.1. The second kappa shape index (κ2) is 11.1. The van der Waals surface area contributed by atoms with Gasteiger partial charge in [0.25, 0.3) is 11.4 Å². The number of rotatable bonds is 8. The Kier molecular flexibility index (Phi) is 7.45. The number of anilines is 2. The number of halogens is 2. The fourth-order valence-corrected chi connectivity index (χ4v) is 4.69. The van der Waals surface area contributed by atoms with Crippen molar-refractivity contribution < 1.29 is 23.0 Å². The molecule has 1 amide bonds. The molecular weight excluding hydrogens is 524 g/mol. The zero-order valence-electron chi connectivity index (χ0n) is 21.9. The van der Waals surface area contributed by atoms with Crippen LogP contribution in [0.5, 0.6) is 17.4 Å². The number of piperidine rings is 1. The van der Waals surface area contributed by atoms with Crippen molar-refractivity contribution in [3.05, 3.63) is 71.3 Å². The first-order valence-corrected chi connectivity index (χ1v) is 12.5. The number of carbonyl (C=O) groups is 1. The number of nitrogens with one attached hydrogen (secondary N) is 1. The van der Waals surface area contributed by atoms with Crippen LogP contribution in [0.1, 0.15) is 12.8 Å². The molecule has 0 aliphatic carbocycles. The van der Waals surface area contributed by atoms with Crippen LogP contribution in [-0.4, -0.2) is 55.3 Å². The van der Waals surface area contributed by atoms with Crippen LogP contribution < -0.4 is 20.3 Å². The van der Waals surface area contributed by atoms with Gasteiger partial charge in [-0.05, 0) is 43.0 Å². The van der Waals surface area contributed by atoms with Crippen molar-refractivity contribution in [2.75, 3.05) is 25.5 Å². The highest BCUT2D eigenvalue weighted by molar-refractivity contribution is 5.87. The van der Waals surface area contributed by atoms with Gasteiger partial charge < -0.3 is 19.7 Å². The number of hydrogen-bond acceptors (Lipinski definition) is 8. The molecular formula is C27H27F2N7O4. The number of carbonyl (C=O) groups excluding carboxylic acids is 1. The molecule has 0 bridgehead atoms. The number of aromatic nitrogens is 5. The van der Waals surface area contributed by atoms with Crippen LogP contribution in [0, 0.1) is 17.6 Å². The fraction of sp³-hybridized carbons (Fsp3) is 0.296. The summed E-state index contributed by atoms with van der Waals surface area (Å²) < 4.78 is 41.1. The molecule has 40 heavy (non-hydrogen) atoms. The van der Waals surface area contributed by atoms with E-state index in [4.69, 9.17) is 9.47 Å². The summed E-state index contributed by atoms with van der Waals surface area (Å²) in [5, 5.41) is 8.04. The van der Waals surface area contributed by atoms with Gasteiger partial charge in [0.2, 0.25) is 11.9 Å². The third kappa shape index (κ3) is 5.48. The number of methoxy groups -OCH3 is 1. The number of aryl methyl sites for hydroxylation is 1. The van der Waals surface area contributed by atoms with Crippen LogP contribution in [-0.2, 0) is 18.4 Å². The second-order valence-electron chi connectivity index (χ2n) is 9.42. The molecule has 1 aliphatic rings. The Morgan fingerprint density at radius 2 is 2.10 bits per heavy atom. The average Bonchev–Trinajstić information content (AvgIpc) is 3.33. The molecule has 0 saturated carbocycles. The second-order valence-corrected chi connectivity index (χ2v) is 9.42. The number of benzene rings is 1. The molecule has 5 rings (SSSR count). The zero-order chi connectivity index (χ0) is 28.4. The smallest absolute Gasteiger partial charge is 0.294 e. The first kappa shape index (κ1) is 26.8. The maximum Gasteiger partial charge on any atom is 0.294 e. The Morgan fingerprint density at radius 3 is 2.85 bits per heavy atom. The highest BCUT2D eigenvalue weighted by Crippen LogP contribution is 2.28. The molecule has 1 saturated heterocycles. The molecule has 208 valence electrons. The van der Waals surface area contributed by atoms with Gasteiger partial charge in [0.15, 0.2) is 17.3 Å². The van der Waals surface area contributed by atoms with Gasteiger partial charge in [-0.1, -0.05) is 6.58 Å². The fourth-order valence-electron chi connectivity index (χ4n) is 4.69. The van der Waals surface area contributed by atoms with Crippen molar-refractivity contribution >= 4 is 28.6 Å². The molecule has 11 nitrogen and oxygen atoms in total. The molecule has 1 unspecified atom stereocenters. The summed E-state index contributed by atoms with van der Waals surface area (Å²) in [5.74, 6) is -1.46. The van der Waals surface area contributed by atoms with Crippen LogP contribution in [0.4, 0.5) is 20.4 Å². The number of fused-ring (bicyclic) bond motifs is 1. The SMILES string of the molecule is C=CC(=O)N1CCCC(Cn2cc(Nc3ncc4cc(Oc5ccc(F)cc5F)c(=O)n(C)c4n3)c(OC)n2)C1. The monoisotopic (exact) mass is 551 g/mol. The van der Waals surface area contributed by atoms with Gasteiger partial charge in [0.05, 0.1) is 13.3 Å². The van der Waals surface area contributed by atoms with Crippen molar-refractivity contribution in [2.45, 2.75) is 19.4 Å². The molecule has 1 aromatic carbocycles. The number of ether oxygens (including phenoxy) is 2. The summed E-state index contributed by atoms with van der Waals surface area (Å²) in [6.45, 7) is 5.50. The van der Waals surface area contributed by atoms with Crippen LogP contribution in [0.15, 0.2) is 54.1 Å². The van der Waals surface area contributed by atoms with E-state index in [1.807, 2.05) is 0 Å².